The number of imide groups is 1. The van der Waals surface area contributed by atoms with Gasteiger partial charge in [-0.15, -0.1) is 0 Å². The van der Waals surface area contributed by atoms with E-state index in [-0.39, 0.29) is 19.8 Å². The van der Waals surface area contributed by atoms with E-state index in [1.807, 2.05) is 24.3 Å². The van der Waals surface area contributed by atoms with Gasteiger partial charge in [0, 0.05) is 12.1 Å². The highest BCUT2D eigenvalue weighted by molar-refractivity contribution is 6.10. The molecule has 0 aromatic heterocycles. The van der Waals surface area contributed by atoms with E-state index in [1.165, 1.54) is 11.1 Å². The van der Waals surface area contributed by atoms with Crippen LogP contribution in [0.25, 0.3) is 0 Å². The molecule has 1 unspecified atom stereocenters. The summed E-state index contributed by atoms with van der Waals surface area (Å²) in [7, 11) is 0. The minimum Gasteiger partial charge on any atom is -0.454 e. The second-order valence-electron chi connectivity index (χ2n) is 8.40. The third-order valence-electron chi connectivity index (χ3n) is 6.02. The first-order chi connectivity index (χ1) is 14.9. The molecule has 8 heteroatoms. The highest BCUT2D eigenvalue weighted by Crippen LogP contribution is 2.34. The van der Waals surface area contributed by atoms with Gasteiger partial charge in [0.1, 0.15) is 12.1 Å². The zero-order valence-corrected chi connectivity index (χ0v) is 17.2. The Morgan fingerprint density at radius 3 is 2.77 bits per heavy atom. The van der Waals surface area contributed by atoms with Crippen LogP contribution in [0.3, 0.4) is 0 Å². The molecule has 160 valence electrons. The van der Waals surface area contributed by atoms with Crippen molar-refractivity contribution in [1.29, 1.82) is 0 Å². The van der Waals surface area contributed by atoms with Crippen LogP contribution < -0.4 is 20.1 Å². The second kappa shape index (κ2) is 7.30. The van der Waals surface area contributed by atoms with Gasteiger partial charge < -0.3 is 20.1 Å². The van der Waals surface area contributed by atoms with Gasteiger partial charge in [-0.1, -0.05) is 12.1 Å². The van der Waals surface area contributed by atoms with Crippen LogP contribution in [0, 0.1) is 0 Å². The number of carbonyl (C=O) groups is 3. The van der Waals surface area contributed by atoms with Crippen LogP contribution in [0.2, 0.25) is 0 Å². The van der Waals surface area contributed by atoms with E-state index in [1.54, 1.807) is 19.1 Å². The van der Waals surface area contributed by atoms with Crippen molar-refractivity contribution in [3.8, 4) is 11.5 Å². The Hall–Kier alpha value is -3.55. The van der Waals surface area contributed by atoms with E-state index in [9.17, 15) is 14.4 Å². The number of hydrogen-bond acceptors (Lipinski definition) is 5. The molecule has 0 bridgehead atoms. The fourth-order valence-corrected chi connectivity index (χ4v) is 4.46. The molecule has 2 N–H and O–H groups in total. The fourth-order valence-electron chi connectivity index (χ4n) is 4.46. The van der Waals surface area contributed by atoms with Gasteiger partial charge in [-0.3, -0.25) is 14.5 Å². The first-order valence-corrected chi connectivity index (χ1v) is 10.4. The quantitative estimate of drug-likeness (QED) is 0.723. The van der Waals surface area contributed by atoms with Crippen LogP contribution in [0.1, 0.15) is 30.0 Å². The lowest BCUT2D eigenvalue weighted by atomic mass is 9.92. The topological polar surface area (TPSA) is 97.0 Å². The van der Waals surface area contributed by atoms with Crippen LogP contribution in [0.5, 0.6) is 11.5 Å². The zero-order chi connectivity index (χ0) is 21.6. The maximum absolute atomic E-state index is 13.0. The highest BCUT2D eigenvalue weighted by atomic mass is 16.7. The number of amides is 4. The van der Waals surface area contributed by atoms with Gasteiger partial charge in [-0.2, -0.15) is 0 Å². The van der Waals surface area contributed by atoms with Crippen LogP contribution in [0.15, 0.2) is 36.4 Å². The minimum atomic E-state index is -1.14. The number of ether oxygens (including phenoxy) is 2. The summed E-state index contributed by atoms with van der Waals surface area (Å²) in [6, 6.07) is 10.7. The van der Waals surface area contributed by atoms with Crippen LogP contribution in [-0.4, -0.2) is 41.6 Å². The minimum absolute atomic E-state index is 0.166. The number of nitrogens with zero attached hydrogens (tertiary/aromatic N) is 1. The lowest BCUT2D eigenvalue weighted by molar-refractivity contribution is -0.133. The fraction of sp³-hybridized carbons (Fsp3) is 0.348. The highest BCUT2D eigenvalue weighted by Gasteiger charge is 2.48. The Balaban J connectivity index is 1.25. The van der Waals surface area contributed by atoms with E-state index in [2.05, 4.69) is 10.6 Å². The number of benzene rings is 2. The van der Waals surface area contributed by atoms with Crippen LogP contribution >= 0.6 is 0 Å². The standard InChI is InChI=1S/C23H23N3O5/c1-23(11-14-5-8-18-19(9-14)31-13-30-18)21(28)26(22(29)25-23)12-20(27)24-17-7-6-15-3-2-4-16(15)10-17/h5-10H,2-4,11-13H2,1H3,(H,24,27)(H,25,29). The molecule has 1 fully saturated rings. The zero-order valence-electron chi connectivity index (χ0n) is 17.2. The van der Waals surface area contributed by atoms with Gasteiger partial charge in [0.05, 0.1) is 0 Å². The number of hydrogen-bond donors (Lipinski definition) is 2. The Bertz CT molecular complexity index is 1100. The number of anilines is 1. The maximum Gasteiger partial charge on any atom is 0.325 e. The van der Waals surface area contributed by atoms with Gasteiger partial charge in [0.25, 0.3) is 5.91 Å². The monoisotopic (exact) mass is 421 g/mol. The average molecular weight is 421 g/mol. The summed E-state index contributed by atoms with van der Waals surface area (Å²) in [6.07, 6.45) is 3.46. The van der Waals surface area contributed by atoms with Crippen LogP contribution in [-0.2, 0) is 28.9 Å². The van der Waals surface area contributed by atoms with Gasteiger partial charge >= 0.3 is 6.03 Å². The molecule has 5 rings (SSSR count). The summed E-state index contributed by atoms with van der Waals surface area (Å²) >= 11 is 0. The molecule has 2 aromatic carbocycles. The number of nitrogens with one attached hydrogen (secondary N) is 2. The van der Waals surface area contributed by atoms with Crippen molar-refractivity contribution in [2.75, 3.05) is 18.7 Å². The molecule has 0 radical (unpaired) electrons. The number of urea groups is 1. The Morgan fingerprint density at radius 2 is 1.90 bits per heavy atom. The molecule has 3 aliphatic rings. The molecule has 1 atom stereocenters. The molecule has 8 nitrogen and oxygen atoms in total. The Kier molecular flexibility index (Phi) is 4.57. The summed E-state index contributed by atoms with van der Waals surface area (Å²) in [4.78, 5) is 39.0. The molecular formula is C23H23N3O5. The second-order valence-corrected chi connectivity index (χ2v) is 8.40. The normalized spacial score (nSPS) is 21.3. The molecule has 2 heterocycles. The summed E-state index contributed by atoms with van der Waals surface area (Å²) in [5, 5.41) is 5.54. The van der Waals surface area contributed by atoms with E-state index in [4.69, 9.17) is 9.47 Å². The van der Waals surface area contributed by atoms with Crippen molar-refractivity contribution < 1.29 is 23.9 Å². The van der Waals surface area contributed by atoms with Crippen molar-refractivity contribution in [1.82, 2.24) is 10.2 Å². The summed E-state index contributed by atoms with van der Waals surface area (Å²) in [5.41, 5.74) is 2.92. The SMILES string of the molecule is CC1(Cc2ccc3c(c2)OCO3)NC(=O)N(CC(=O)Nc2ccc3c(c2)CCC3)C1=O. The van der Waals surface area contributed by atoms with Crippen molar-refractivity contribution in [3.63, 3.8) is 0 Å². The number of rotatable bonds is 5. The summed E-state index contributed by atoms with van der Waals surface area (Å²) < 4.78 is 10.7. The van der Waals surface area contributed by atoms with Crippen molar-refractivity contribution >= 4 is 23.5 Å². The third-order valence-corrected chi connectivity index (χ3v) is 6.02. The molecule has 1 aliphatic carbocycles. The molecule has 0 spiro atoms. The molecule has 1 saturated heterocycles. The first kappa shape index (κ1) is 19.4. The number of carbonyl (C=O) groups excluding carboxylic acids is 3. The molecule has 31 heavy (non-hydrogen) atoms. The number of aryl methyl sites for hydroxylation is 2. The Labute approximate surface area is 179 Å². The predicted molar refractivity (Wildman–Crippen MR) is 112 cm³/mol. The van der Waals surface area contributed by atoms with E-state index < -0.39 is 23.4 Å². The predicted octanol–water partition coefficient (Wildman–Crippen LogP) is 2.40. The number of fused-ring (bicyclic) bond motifs is 2. The van der Waals surface area contributed by atoms with Crippen molar-refractivity contribution in [2.45, 2.75) is 38.1 Å². The average Bonchev–Trinajstić information content (AvgIpc) is 3.43. The van der Waals surface area contributed by atoms with Gasteiger partial charge in [-0.25, -0.2) is 4.79 Å². The van der Waals surface area contributed by atoms with E-state index in [0.29, 0.717) is 17.2 Å². The third kappa shape index (κ3) is 3.58. The largest absolute Gasteiger partial charge is 0.454 e. The van der Waals surface area contributed by atoms with Crippen LogP contribution in [0.4, 0.5) is 10.5 Å². The molecule has 0 saturated carbocycles. The van der Waals surface area contributed by atoms with Gasteiger partial charge in [0.15, 0.2) is 11.5 Å². The summed E-state index contributed by atoms with van der Waals surface area (Å²) in [5.74, 6) is 0.428. The van der Waals surface area contributed by atoms with Gasteiger partial charge in [-0.05, 0) is 67.1 Å². The first-order valence-electron chi connectivity index (χ1n) is 10.4. The molecule has 2 aliphatic heterocycles. The van der Waals surface area contributed by atoms with E-state index in [0.717, 1.165) is 29.7 Å². The molecule has 4 amide bonds. The Morgan fingerprint density at radius 1 is 1.10 bits per heavy atom. The summed E-state index contributed by atoms with van der Waals surface area (Å²) in [6.45, 7) is 1.49. The smallest absolute Gasteiger partial charge is 0.325 e. The lowest BCUT2D eigenvalue weighted by Gasteiger charge is -2.22. The van der Waals surface area contributed by atoms with Crippen molar-refractivity contribution in [2.24, 2.45) is 0 Å². The molecular weight excluding hydrogens is 398 g/mol. The molecule has 2 aromatic rings. The van der Waals surface area contributed by atoms with Gasteiger partial charge in [0.2, 0.25) is 12.7 Å². The maximum atomic E-state index is 13.0. The lowest BCUT2D eigenvalue weighted by Crippen LogP contribution is -2.46. The van der Waals surface area contributed by atoms with Crippen molar-refractivity contribution in [3.05, 3.63) is 53.1 Å². The van der Waals surface area contributed by atoms with E-state index >= 15 is 0 Å².